The van der Waals surface area contributed by atoms with Gasteiger partial charge in [-0.2, -0.15) is 0 Å². The van der Waals surface area contributed by atoms with E-state index in [-0.39, 0.29) is 11.8 Å². The van der Waals surface area contributed by atoms with Gasteiger partial charge in [-0.25, -0.2) is 4.98 Å². The fourth-order valence-corrected chi connectivity index (χ4v) is 2.96. The average molecular weight is 305 g/mol. The maximum absolute atomic E-state index is 11.6. The number of rotatable bonds is 7. The molecule has 1 aromatic heterocycles. The minimum atomic E-state index is -0.0833. The number of benzene rings is 1. The van der Waals surface area contributed by atoms with Gasteiger partial charge in [-0.05, 0) is 25.0 Å². The van der Waals surface area contributed by atoms with E-state index in [0.29, 0.717) is 19.5 Å². The summed E-state index contributed by atoms with van der Waals surface area (Å²) >= 11 is 1.68. The Morgan fingerprint density at radius 1 is 1.19 bits per heavy atom. The number of thiazole rings is 1. The molecule has 2 aromatic rings. The third-order valence-corrected chi connectivity index (χ3v) is 4.05. The summed E-state index contributed by atoms with van der Waals surface area (Å²) in [6, 6.07) is 8.05. The van der Waals surface area contributed by atoms with Crippen LogP contribution in [-0.4, -0.2) is 29.9 Å². The lowest BCUT2D eigenvalue weighted by Crippen LogP contribution is -2.33. The van der Waals surface area contributed by atoms with E-state index in [1.807, 2.05) is 18.2 Å². The smallest absolute Gasteiger partial charge is 0.220 e. The molecule has 0 unspecified atom stereocenters. The van der Waals surface area contributed by atoms with E-state index in [1.54, 1.807) is 11.3 Å². The largest absolute Gasteiger partial charge is 0.355 e. The summed E-state index contributed by atoms with van der Waals surface area (Å²) in [6.45, 7) is 2.40. The molecule has 6 heteroatoms. The fraction of sp³-hybridized carbons (Fsp3) is 0.400. The van der Waals surface area contributed by atoms with Crippen molar-refractivity contribution >= 4 is 33.4 Å². The molecular weight excluding hydrogens is 286 g/mol. The van der Waals surface area contributed by atoms with Crippen LogP contribution in [0.3, 0.4) is 0 Å². The predicted molar refractivity (Wildman–Crippen MR) is 84.3 cm³/mol. The molecule has 2 N–H and O–H groups in total. The van der Waals surface area contributed by atoms with Crippen molar-refractivity contribution < 1.29 is 9.59 Å². The average Bonchev–Trinajstić information content (AvgIpc) is 2.86. The van der Waals surface area contributed by atoms with Crippen molar-refractivity contribution in [3.8, 4) is 0 Å². The van der Waals surface area contributed by atoms with Gasteiger partial charge in [0.2, 0.25) is 11.8 Å². The van der Waals surface area contributed by atoms with E-state index in [0.717, 1.165) is 23.4 Å². The minimum Gasteiger partial charge on any atom is -0.355 e. The predicted octanol–water partition coefficient (Wildman–Crippen LogP) is 1.87. The minimum absolute atomic E-state index is 0.0152. The van der Waals surface area contributed by atoms with Crippen LogP contribution in [0.5, 0.6) is 0 Å². The molecule has 0 radical (unpaired) electrons. The third-order valence-electron chi connectivity index (χ3n) is 2.95. The van der Waals surface area contributed by atoms with Gasteiger partial charge in [-0.1, -0.05) is 12.1 Å². The number of carbonyl (C=O) groups excluding carboxylic acids is 2. The normalized spacial score (nSPS) is 10.5. The summed E-state index contributed by atoms with van der Waals surface area (Å²) in [6.07, 6.45) is 2.08. The number of nitrogens with zero attached hydrogens (tertiary/aromatic N) is 1. The Balaban J connectivity index is 1.66. The summed E-state index contributed by atoms with van der Waals surface area (Å²) < 4.78 is 1.19. The molecule has 112 valence electrons. The maximum Gasteiger partial charge on any atom is 0.220 e. The molecule has 0 saturated heterocycles. The lowest BCUT2D eigenvalue weighted by atomic mass is 10.2. The molecule has 21 heavy (non-hydrogen) atoms. The topological polar surface area (TPSA) is 71.1 Å². The van der Waals surface area contributed by atoms with Crippen molar-refractivity contribution in [2.45, 2.75) is 26.2 Å². The van der Waals surface area contributed by atoms with E-state index >= 15 is 0 Å². The van der Waals surface area contributed by atoms with Crippen molar-refractivity contribution in [3.63, 3.8) is 0 Å². The van der Waals surface area contributed by atoms with E-state index in [2.05, 4.69) is 21.7 Å². The lowest BCUT2D eigenvalue weighted by Gasteiger charge is -2.05. The molecular formula is C15H19N3O2S. The Bertz CT molecular complexity index is 591. The molecule has 0 aliphatic carbocycles. The van der Waals surface area contributed by atoms with Crippen LogP contribution in [0.25, 0.3) is 10.2 Å². The van der Waals surface area contributed by atoms with Crippen LogP contribution in [0.1, 0.15) is 24.8 Å². The number of nitrogens with one attached hydrogen (secondary N) is 2. The second-order valence-corrected chi connectivity index (χ2v) is 5.88. The first-order valence-electron chi connectivity index (χ1n) is 7.01. The Hall–Kier alpha value is -1.95. The lowest BCUT2D eigenvalue weighted by molar-refractivity contribution is -0.122. The summed E-state index contributed by atoms with van der Waals surface area (Å²) in [5.74, 6) is -0.0680. The molecule has 0 saturated carbocycles. The van der Waals surface area contributed by atoms with Crippen LogP contribution >= 0.6 is 11.3 Å². The number of hydrogen-bond acceptors (Lipinski definition) is 4. The van der Waals surface area contributed by atoms with Gasteiger partial charge >= 0.3 is 0 Å². The van der Waals surface area contributed by atoms with Crippen molar-refractivity contribution in [2.24, 2.45) is 0 Å². The number of hydrogen-bond donors (Lipinski definition) is 2. The molecule has 0 fully saturated rings. The first-order valence-corrected chi connectivity index (χ1v) is 7.82. The summed E-state index contributed by atoms with van der Waals surface area (Å²) in [5.41, 5.74) is 1.03. The first kappa shape index (κ1) is 15.4. The molecule has 5 nitrogen and oxygen atoms in total. The van der Waals surface area contributed by atoms with Crippen molar-refractivity contribution in [1.29, 1.82) is 0 Å². The van der Waals surface area contributed by atoms with Gasteiger partial charge in [0.25, 0.3) is 0 Å². The molecule has 2 rings (SSSR count). The quantitative estimate of drug-likeness (QED) is 0.767. The van der Waals surface area contributed by atoms with Crippen LogP contribution in [0.4, 0.5) is 0 Å². The number of para-hydroxylation sites is 1. The highest BCUT2D eigenvalue weighted by Crippen LogP contribution is 2.22. The molecule has 2 amide bonds. The van der Waals surface area contributed by atoms with Gasteiger partial charge in [0, 0.05) is 26.4 Å². The zero-order chi connectivity index (χ0) is 15.1. The monoisotopic (exact) mass is 305 g/mol. The van der Waals surface area contributed by atoms with Gasteiger partial charge in [0.1, 0.15) is 0 Å². The van der Waals surface area contributed by atoms with Crippen LogP contribution in [0.2, 0.25) is 0 Å². The molecule has 1 heterocycles. The maximum atomic E-state index is 11.6. The Morgan fingerprint density at radius 3 is 2.71 bits per heavy atom. The third kappa shape index (κ3) is 5.15. The van der Waals surface area contributed by atoms with Crippen molar-refractivity contribution in [2.75, 3.05) is 13.1 Å². The van der Waals surface area contributed by atoms with Crippen LogP contribution in [0.15, 0.2) is 24.3 Å². The Morgan fingerprint density at radius 2 is 1.95 bits per heavy atom. The van der Waals surface area contributed by atoms with Gasteiger partial charge in [-0.15, -0.1) is 11.3 Å². The number of aromatic nitrogens is 1. The molecule has 0 spiro atoms. The standard InChI is InChI=1S/C15H19N3O2S/c1-11(19)16-9-10-17-14(20)7-4-8-15-18-12-5-2-3-6-13(12)21-15/h2-3,5-6H,4,7-10H2,1H3,(H,16,19)(H,17,20). The Kier molecular flexibility index (Phi) is 5.68. The zero-order valence-corrected chi connectivity index (χ0v) is 12.8. The van der Waals surface area contributed by atoms with E-state index in [1.165, 1.54) is 11.6 Å². The fourth-order valence-electron chi connectivity index (χ4n) is 1.96. The number of aryl methyl sites for hydroxylation is 1. The second-order valence-electron chi connectivity index (χ2n) is 4.76. The highest BCUT2D eigenvalue weighted by Gasteiger charge is 2.05. The van der Waals surface area contributed by atoms with Crippen molar-refractivity contribution in [3.05, 3.63) is 29.3 Å². The number of fused-ring (bicyclic) bond motifs is 1. The van der Waals surface area contributed by atoms with Crippen LogP contribution in [0, 0.1) is 0 Å². The first-order chi connectivity index (χ1) is 10.1. The molecule has 1 aromatic carbocycles. The molecule has 0 aliphatic heterocycles. The van der Waals surface area contributed by atoms with Crippen molar-refractivity contribution in [1.82, 2.24) is 15.6 Å². The second kappa shape index (κ2) is 7.73. The molecule has 0 atom stereocenters. The number of carbonyl (C=O) groups is 2. The summed E-state index contributed by atoms with van der Waals surface area (Å²) in [4.78, 5) is 26.8. The number of amides is 2. The van der Waals surface area contributed by atoms with Gasteiger partial charge in [0.15, 0.2) is 0 Å². The van der Waals surface area contributed by atoms with Crippen LogP contribution < -0.4 is 10.6 Å². The van der Waals surface area contributed by atoms with E-state index in [4.69, 9.17) is 0 Å². The highest BCUT2D eigenvalue weighted by molar-refractivity contribution is 7.18. The highest BCUT2D eigenvalue weighted by atomic mass is 32.1. The van der Waals surface area contributed by atoms with Gasteiger partial charge in [0.05, 0.1) is 15.2 Å². The van der Waals surface area contributed by atoms with Gasteiger partial charge < -0.3 is 10.6 Å². The summed E-state index contributed by atoms with van der Waals surface area (Å²) in [7, 11) is 0. The van der Waals surface area contributed by atoms with Crippen LogP contribution in [-0.2, 0) is 16.0 Å². The SMILES string of the molecule is CC(=O)NCCNC(=O)CCCc1nc2ccccc2s1. The van der Waals surface area contributed by atoms with Gasteiger partial charge in [-0.3, -0.25) is 9.59 Å². The van der Waals surface area contributed by atoms with E-state index < -0.39 is 0 Å². The Labute approximate surface area is 127 Å². The zero-order valence-electron chi connectivity index (χ0n) is 12.0. The van der Waals surface area contributed by atoms with E-state index in [9.17, 15) is 9.59 Å². The molecule has 0 aliphatic rings. The molecule has 0 bridgehead atoms. The summed E-state index contributed by atoms with van der Waals surface area (Å²) in [5, 5.41) is 6.49.